The lowest BCUT2D eigenvalue weighted by Crippen LogP contribution is -2.46. The highest BCUT2D eigenvalue weighted by Gasteiger charge is 2.32. The molecule has 0 bridgehead atoms. The van der Waals surface area contributed by atoms with Crippen LogP contribution < -0.4 is 0 Å². The smallest absolute Gasteiger partial charge is 0.236 e. The number of imidazole rings is 1. The first-order valence-corrected chi connectivity index (χ1v) is 10.4. The lowest BCUT2D eigenvalue weighted by atomic mass is 9.96. The Morgan fingerprint density at radius 1 is 1.29 bits per heavy atom. The SMILES string of the molecule is CN(CC(=O)N1CCC(Cn2ccnc2)CC1)[C@@H]1CCS(=O)(=O)C1. The largest absolute Gasteiger partial charge is 0.342 e. The van der Waals surface area contributed by atoms with Gasteiger partial charge in [0, 0.05) is 38.1 Å². The van der Waals surface area contributed by atoms with Gasteiger partial charge in [-0.2, -0.15) is 0 Å². The highest BCUT2D eigenvalue weighted by molar-refractivity contribution is 7.91. The molecule has 0 N–H and O–H groups in total. The van der Waals surface area contributed by atoms with Crippen LogP contribution in [0.3, 0.4) is 0 Å². The van der Waals surface area contributed by atoms with Gasteiger partial charge < -0.3 is 9.47 Å². The van der Waals surface area contributed by atoms with Gasteiger partial charge in [-0.15, -0.1) is 0 Å². The van der Waals surface area contributed by atoms with E-state index in [1.54, 1.807) is 6.20 Å². The molecule has 3 heterocycles. The van der Waals surface area contributed by atoms with E-state index in [9.17, 15) is 13.2 Å². The van der Waals surface area contributed by atoms with E-state index in [1.807, 2.05) is 29.4 Å². The van der Waals surface area contributed by atoms with Crippen molar-refractivity contribution in [3.05, 3.63) is 18.7 Å². The molecule has 2 aliphatic rings. The van der Waals surface area contributed by atoms with E-state index in [0.29, 0.717) is 18.9 Å². The van der Waals surface area contributed by atoms with Gasteiger partial charge in [-0.3, -0.25) is 9.69 Å². The quantitative estimate of drug-likeness (QED) is 0.757. The summed E-state index contributed by atoms with van der Waals surface area (Å²) >= 11 is 0. The van der Waals surface area contributed by atoms with Crippen LogP contribution in [0.25, 0.3) is 0 Å². The first-order chi connectivity index (χ1) is 11.4. The van der Waals surface area contributed by atoms with E-state index in [1.165, 1.54) is 0 Å². The van der Waals surface area contributed by atoms with Crippen molar-refractivity contribution in [3.63, 3.8) is 0 Å². The Bertz CT molecular complexity index is 651. The molecular weight excluding hydrogens is 328 g/mol. The normalized spacial score (nSPS) is 24.6. The number of aromatic nitrogens is 2. The first-order valence-electron chi connectivity index (χ1n) is 8.57. The molecule has 1 atom stereocenters. The minimum Gasteiger partial charge on any atom is -0.342 e. The van der Waals surface area contributed by atoms with Gasteiger partial charge in [0.05, 0.1) is 24.4 Å². The van der Waals surface area contributed by atoms with Gasteiger partial charge in [-0.1, -0.05) is 0 Å². The van der Waals surface area contributed by atoms with E-state index in [4.69, 9.17) is 0 Å². The van der Waals surface area contributed by atoms with Crippen LogP contribution in [0.5, 0.6) is 0 Å². The van der Waals surface area contributed by atoms with Gasteiger partial charge in [0.15, 0.2) is 9.84 Å². The Morgan fingerprint density at radius 3 is 2.62 bits per heavy atom. The molecule has 0 radical (unpaired) electrons. The van der Waals surface area contributed by atoms with Crippen molar-refractivity contribution < 1.29 is 13.2 Å². The number of piperidine rings is 1. The molecule has 0 saturated carbocycles. The summed E-state index contributed by atoms with van der Waals surface area (Å²) in [6.07, 6.45) is 8.25. The number of amides is 1. The molecule has 0 aromatic carbocycles. The Labute approximate surface area is 143 Å². The lowest BCUT2D eigenvalue weighted by molar-refractivity contribution is -0.134. The van der Waals surface area contributed by atoms with E-state index in [-0.39, 0.29) is 23.5 Å². The molecular formula is C16H26N4O3S. The second-order valence-electron chi connectivity index (χ2n) is 7.06. The Morgan fingerprint density at radius 2 is 2.04 bits per heavy atom. The first kappa shape index (κ1) is 17.4. The number of carbonyl (C=O) groups excluding carboxylic acids is 1. The third kappa shape index (κ3) is 4.36. The van der Waals surface area contributed by atoms with Gasteiger partial charge in [0.2, 0.25) is 5.91 Å². The molecule has 3 rings (SSSR count). The Balaban J connectivity index is 1.43. The zero-order valence-corrected chi connectivity index (χ0v) is 15.0. The lowest BCUT2D eigenvalue weighted by Gasteiger charge is -2.34. The molecule has 0 unspecified atom stereocenters. The molecule has 7 nitrogen and oxygen atoms in total. The van der Waals surface area contributed by atoms with Crippen LogP contribution in [0.15, 0.2) is 18.7 Å². The number of carbonyl (C=O) groups is 1. The number of sulfone groups is 1. The predicted octanol–water partition coefficient (Wildman–Crippen LogP) is 0.241. The Hall–Kier alpha value is -1.41. The number of likely N-dealkylation sites (tertiary alicyclic amines) is 1. The van der Waals surface area contributed by atoms with E-state index >= 15 is 0 Å². The third-order valence-corrected chi connectivity index (χ3v) is 6.96. The number of nitrogens with zero attached hydrogens (tertiary/aromatic N) is 4. The van der Waals surface area contributed by atoms with Crippen molar-refractivity contribution in [3.8, 4) is 0 Å². The number of likely N-dealkylation sites (N-methyl/N-ethyl adjacent to an activating group) is 1. The summed E-state index contributed by atoms with van der Waals surface area (Å²) in [6.45, 7) is 2.85. The second-order valence-corrected chi connectivity index (χ2v) is 9.28. The third-order valence-electron chi connectivity index (χ3n) is 5.21. The maximum Gasteiger partial charge on any atom is 0.236 e. The van der Waals surface area contributed by atoms with Gasteiger partial charge in [-0.25, -0.2) is 13.4 Å². The molecule has 1 amide bonds. The van der Waals surface area contributed by atoms with Gasteiger partial charge in [0.25, 0.3) is 0 Å². The highest BCUT2D eigenvalue weighted by atomic mass is 32.2. The second kappa shape index (κ2) is 7.23. The maximum atomic E-state index is 12.5. The molecule has 0 aliphatic carbocycles. The summed E-state index contributed by atoms with van der Waals surface area (Å²) in [4.78, 5) is 20.4. The topological polar surface area (TPSA) is 75.5 Å². The minimum absolute atomic E-state index is 0.0160. The van der Waals surface area contributed by atoms with Crippen LogP contribution in [0.1, 0.15) is 19.3 Å². The monoisotopic (exact) mass is 354 g/mol. The molecule has 24 heavy (non-hydrogen) atoms. The predicted molar refractivity (Wildman–Crippen MR) is 91.2 cm³/mol. The summed E-state index contributed by atoms with van der Waals surface area (Å²) in [5.74, 6) is 1.13. The molecule has 2 aliphatic heterocycles. The number of hydrogen-bond donors (Lipinski definition) is 0. The van der Waals surface area contributed by atoms with Crippen LogP contribution in [-0.4, -0.2) is 77.9 Å². The summed E-state index contributed by atoms with van der Waals surface area (Å²) < 4.78 is 25.2. The zero-order valence-electron chi connectivity index (χ0n) is 14.2. The van der Waals surface area contributed by atoms with Crippen LogP contribution in [0.4, 0.5) is 0 Å². The van der Waals surface area contributed by atoms with Crippen LogP contribution in [0.2, 0.25) is 0 Å². The van der Waals surface area contributed by atoms with E-state index < -0.39 is 9.84 Å². The van der Waals surface area contributed by atoms with Crippen molar-refractivity contribution >= 4 is 15.7 Å². The van der Waals surface area contributed by atoms with Gasteiger partial charge >= 0.3 is 0 Å². The van der Waals surface area contributed by atoms with Crippen molar-refractivity contribution in [2.75, 3.05) is 38.2 Å². The summed E-state index contributed by atoms with van der Waals surface area (Å²) in [5.41, 5.74) is 0. The fourth-order valence-corrected chi connectivity index (χ4v) is 5.43. The van der Waals surface area contributed by atoms with E-state index in [0.717, 1.165) is 32.5 Å². The number of rotatable bonds is 5. The zero-order chi connectivity index (χ0) is 17.2. The fraction of sp³-hybridized carbons (Fsp3) is 0.750. The maximum absolute atomic E-state index is 12.5. The molecule has 1 aromatic heterocycles. The van der Waals surface area contributed by atoms with Crippen molar-refractivity contribution in [2.45, 2.75) is 31.8 Å². The fourth-order valence-electron chi connectivity index (χ4n) is 3.62. The standard InChI is InChI=1S/C16H26N4O3S/c1-18(15-4-9-24(22,23)12-15)11-16(21)20-6-2-14(3-7-20)10-19-8-5-17-13-19/h5,8,13-15H,2-4,6-7,9-12H2,1H3/t15-/m1/s1. The summed E-state index contributed by atoms with van der Waals surface area (Å²) in [5, 5.41) is 0. The average molecular weight is 354 g/mol. The Kier molecular flexibility index (Phi) is 5.24. The summed E-state index contributed by atoms with van der Waals surface area (Å²) in [6, 6.07) is -0.0160. The van der Waals surface area contributed by atoms with Crippen molar-refractivity contribution in [2.24, 2.45) is 5.92 Å². The molecule has 134 valence electrons. The average Bonchev–Trinajstić information content (AvgIpc) is 3.17. The summed E-state index contributed by atoms with van der Waals surface area (Å²) in [7, 11) is -1.05. The molecule has 2 saturated heterocycles. The van der Waals surface area contributed by atoms with Crippen molar-refractivity contribution in [1.82, 2.24) is 19.4 Å². The van der Waals surface area contributed by atoms with E-state index in [2.05, 4.69) is 9.55 Å². The van der Waals surface area contributed by atoms with Crippen LogP contribution >= 0.6 is 0 Å². The highest BCUT2D eigenvalue weighted by Crippen LogP contribution is 2.20. The van der Waals surface area contributed by atoms with Crippen LogP contribution in [-0.2, 0) is 21.2 Å². The van der Waals surface area contributed by atoms with Crippen molar-refractivity contribution in [1.29, 1.82) is 0 Å². The molecule has 1 aromatic rings. The van der Waals surface area contributed by atoms with Gasteiger partial charge in [0.1, 0.15) is 0 Å². The molecule has 2 fully saturated rings. The number of hydrogen-bond acceptors (Lipinski definition) is 5. The molecule has 8 heteroatoms. The molecule has 0 spiro atoms. The van der Waals surface area contributed by atoms with Gasteiger partial charge in [-0.05, 0) is 32.2 Å². The minimum atomic E-state index is -2.91. The van der Waals surface area contributed by atoms with Crippen LogP contribution in [0, 0.1) is 5.92 Å².